The maximum atomic E-state index is 10.5. The molecule has 0 aliphatic rings. The van der Waals surface area contributed by atoms with Crippen LogP contribution in [0.4, 0.5) is 0 Å². The lowest BCUT2D eigenvalue weighted by molar-refractivity contribution is -0.116. The molecule has 0 saturated carbocycles. The molecule has 0 N–H and O–H groups in total. The number of aromatic nitrogens is 1. The summed E-state index contributed by atoms with van der Waals surface area (Å²) in [6, 6.07) is 1.75. The number of carbonyl (C=O) groups excluding carboxylic acids is 1. The summed E-state index contributed by atoms with van der Waals surface area (Å²) in [4.78, 5) is 10.5. The van der Waals surface area contributed by atoms with E-state index in [1.165, 1.54) is 6.92 Å². The maximum Gasteiger partial charge on any atom is 0.145 e. The molecule has 0 amide bonds. The Morgan fingerprint density at radius 1 is 1.90 bits per heavy atom. The summed E-state index contributed by atoms with van der Waals surface area (Å²) in [5.41, 5.74) is 0. The fourth-order valence-electron chi connectivity index (χ4n) is 0.616. The minimum atomic E-state index is 0.0903. The molecule has 4 heteroatoms. The number of rotatable bonds is 2. The molecule has 0 unspecified atom stereocenters. The van der Waals surface area contributed by atoms with Crippen LogP contribution in [0.5, 0.6) is 0 Å². The molecule has 54 valence electrons. The second-order valence-electron chi connectivity index (χ2n) is 1.99. The number of halogens is 1. The van der Waals surface area contributed by atoms with Gasteiger partial charge in [-0.15, -0.1) is 0 Å². The molecule has 0 atom stereocenters. The smallest absolute Gasteiger partial charge is 0.145 e. The molecule has 0 aromatic carbocycles. The van der Waals surface area contributed by atoms with Crippen LogP contribution >= 0.6 is 22.6 Å². The molecule has 0 bridgehead atoms. The first-order valence-electron chi connectivity index (χ1n) is 2.79. The van der Waals surface area contributed by atoms with E-state index in [-0.39, 0.29) is 5.78 Å². The van der Waals surface area contributed by atoms with Gasteiger partial charge in [-0.25, -0.2) is 0 Å². The molecule has 0 aliphatic carbocycles. The van der Waals surface area contributed by atoms with Gasteiger partial charge in [-0.3, -0.25) is 4.79 Å². The summed E-state index contributed by atoms with van der Waals surface area (Å²) in [7, 11) is 0. The monoisotopic (exact) mass is 251 g/mol. The van der Waals surface area contributed by atoms with E-state index in [2.05, 4.69) is 5.16 Å². The van der Waals surface area contributed by atoms with Crippen molar-refractivity contribution in [1.29, 1.82) is 0 Å². The van der Waals surface area contributed by atoms with Crippen LogP contribution in [0.1, 0.15) is 12.7 Å². The average molecular weight is 251 g/mol. The summed E-state index contributed by atoms with van der Waals surface area (Å²) < 4.78 is 5.58. The molecule has 0 fully saturated rings. The molecule has 1 aromatic rings. The van der Waals surface area contributed by atoms with Crippen molar-refractivity contribution < 1.29 is 9.32 Å². The van der Waals surface area contributed by atoms with E-state index >= 15 is 0 Å². The highest BCUT2D eigenvalue weighted by Gasteiger charge is 2.02. The summed E-state index contributed by atoms with van der Waals surface area (Å²) in [6.45, 7) is 1.52. The third-order valence-corrected chi connectivity index (χ3v) is 1.46. The van der Waals surface area contributed by atoms with Crippen LogP contribution in [0.25, 0.3) is 0 Å². The Bertz CT molecular complexity index is 244. The molecule has 3 nitrogen and oxygen atoms in total. The number of hydrogen-bond donors (Lipinski definition) is 0. The van der Waals surface area contributed by atoms with E-state index in [1.54, 1.807) is 6.07 Å². The molecular weight excluding hydrogens is 245 g/mol. The first-order valence-corrected chi connectivity index (χ1v) is 3.87. The van der Waals surface area contributed by atoms with Crippen LogP contribution in [0, 0.1) is 3.70 Å². The zero-order valence-corrected chi connectivity index (χ0v) is 7.58. The minimum absolute atomic E-state index is 0.0903. The van der Waals surface area contributed by atoms with Gasteiger partial charge < -0.3 is 4.52 Å². The van der Waals surface area contributed by atoms with Gasteiger partial charge >= 0.3 is 0 Å². The molecule has 1 heterocycles. The first kappa shape index (κ1) is 7.71. The summed E-state index contributed by atoms with van der Waals surface area (Å²) in [5.74, 6) is 0.726. The highest BCUT2D eigenvalue weighted by molar-refractivity contribution is 14.1. The average Bonchev–Trinajstić information content (AvgIpc) is 2.13. The highest BCUT2D eigenvalue weighted by Crippen LogP contribution is 2.06. The zero-order valence-electron chi connectivity index (χ0n) is 5.43. The molecular formula is C6H6INO2. The number of nitrogens with zero attached hydrogens (tertiary/aromatic N) is 1. The van der Waals surface area contributed by atoms with Gasteiger partial charge in [-0.05, 0) is 29.5 Å². The molecule has 0 radical (unpaired) electrons. The number of ketones is 1. The van der Waals surface area contributed by atoms with Gasteiger partial charge in [-0.1, -0.05) is 5.16 Å². The van der Waals surface area contributed by atoms with Gasteiger partial charge in [0.25, 0.3) is 0 Å². The van der Waals surface area contributed by atoms with E-state index < -0.39 is 0 Å². The van der Waals surface area contributed by atoms with Gasteiger partial charge in [0, 0.05) is 6.07 Å². The lowest BCUT2D eigenvalue weighted by atomic mass is 10.2. The molecule has 1 aromatic heterocycles. The molecule has 10 heavy (non-hydrogen) atoms. The second kappa shape index (κ2) is 3.14. The van der Waals surface area contributed by atoms with E-state index in [9.17, 15) is 4.79 Å². The number of Topliss-reactive ketones (excluding diaryl/α,β-unsaturated/α-hetero) is 1. The SMILES string of the molecule is CC(=O)Cc1cc(I)no1. The largest absolute Gasteiger partial charge is 0.360 e. The van der Waals surface area contributed by atoms with Crippen LogP contribution < -0.4 is 0 Å². The maximum absolute atomic E-state index is 10.5. The molecule has 0 aliphatic heterocycles. The highest BCUT2D eigenvalue weighted by atomic mass is 127. The van der Waals surface area contributed by atoms with E-state index in [1.807, 2.05) is 22.6 Å². The predicted molar refractivity (Wildman–Crippen MR) is 43.6 cm³/mol. The molecule has 1 rings (SSSR count). The van der Waals surface area contributed by atoms with Gasteiger partial charge in [-0.2, -0.15) is 0 Å². The number of hydrogen-bond acceptors (Lipinski definition) is 3. The third kappa shape index (κ3) is 2.09. The Balaban J connectivity index is 2.67. The van der Waals surface area contributed by atoms with E-state index in [0.717, 1.165) is 3.70 Å². The van der Waals surface area contributed by atoms with Crippen molar-refractivity contribution in [3.63, 3.8) is 0 Å². The quantitative estimate of drug-likeness (QED) is 0.746. The first-order chi connectivity index (χ1) is 4.68. The summed E-state index contributed by atoms with van der Waals surface area (Å²) >= 11 is 2.03. The fourth-order valence-corrected chi connectivity index (χ4v) is 1.06. The molecule has 0 saturated heterocycles. The van der Waals surface area contributed by atoms with Crippen molar-refractivity contribution in [2.24, 2.45) is 0 Å². The van der Waals surface area contributed by atoms with Crippen molar-refractivity contribution in [1.82, 2.24) is 5.16 Å². The summed E-state index contributed by atoms with van der Waals surface area (Å²) in [5, 5.41) is 3.63. The van der Waals surface area contributed by atoms with Crippen molar-refractivity contribution in [3.8, 4) is 0 Å². The lowest BCUT2D eigenvalue weighted by Gasteiger charge is -1.84. The lowest BCUT2D eigenvalue weighted by Crippen LogP contribution is -1.93. The normalized spacial score (nSPS) is 9.80. The van der Waals surface area contributed by atoms with Crippen LogP contribution in [-0.2, 0) is 11.2 Å². The Morgan fingerprint density at radius 3 is 3.00 bits per heavy atom. The Morgan fingerprint density at radius 2 is 2.60 bits per heavy atom. The Kier molecular flexibility index (Phi) is 2.42. The Hall–Kier alpha value is -0.390. The zero-order chi connectivity index (χ0) is 7.56. The fraction of sp³-hybridized carbons (Fsp3) is 0.333. The van der Waals surface area contributed by atoms with Crippen molar-refractivity contribution in [2.75, 3.05) is 0 Å². The van der Waals surface area contributed by atoms with Gasteiger partial charge in [0.1, 0.15) is 15.2 Å². The Labute approximate surface area is 71.9 Å². The standard InChI is InChI=1S/C6H6INO2/c1-4(9)2-5-3-6(7)8-10-5/h3H,2H2,1H3. The minimum Gasteiger partial charge on any atom is -0.360 e. The van der Waals surface area contributed by atoms with Crippen LogP contribution in [-0.4, -0.2) is 10.9 Å². The topological polar surface area (TPSA) is 43.1 Å². The number of carbonyl (C=O) groups is 1. The van der Waals surface area contributed by atoms with Gasteiger partial charge in [0.2, 0.25) is 0 Å². The van der Waals surface area contributed by atoms with Crippen LogP contribution in [0.2, 0.25) is 0 Å². The van der Waals surface area contributed by atoms with Crippen molar-refractivity contribution in [2.45, 2.75) is 13.3 Å². The van der Waals surface area contributed by atoms with Crippen molar-refractivity contribution >= 4 is 28.4 Å². The van der Waals surface area contributed by atoms with Crippen molar-refractivity contribution in [3.05, 3.63) is 15.5 Å². The predicted octanol–water partition coefficient (Wildman–Crippen LogP) is 1.41. The molecule has 0 spiro atoms. The second-order valence-corrected chi connectivity index (χ2v) is 3.10. The van der Waals surface area contributed by atoms with E-state index in [0.29, 0.717) is 12.2 Å². The third-order valence-electron chi connectivity index (χ3n) is 0.953. The van der Waals surface area contributed by atoms with Gasteiger partial charge in [0.15, 0.2) is 0 Å². The summed E-state index contributed by atoms with van der Waals surface area (Å²) in [6.07, 6.45) is 0.343. The van der Waals surface area contributed by atoms with Crippen LogP contribution in [0.3, 0.4) is 0 Å². The van der Waals surface area contributed by atoms with Crippen LogP contribution in [0.15, 0.2) is 10.6 Å². The van der Waals surface area contributed by atoms with E-state index in [4.69, 9.17) is 4.52 Å². The van der Waals surface area contributed by atoms with Gasteiger partial charge in [0.05, 0.1) is 6.42 Å².